The number of thiazole rings is 1. The Morgan fingerprint density at radius 3 is 2.82 bits per heavy atom. The molecule has 1 amide bonds. The number of amides is 1. The quantitative estimate of drug-likeness (QED) is 0.398. The van der Waals surface area contributed by atoms with Crippen LogP contribution in [0.15, 0.2) is 52.9 Å². The maximum Gasteiger partial charge on any atom is 0.263 e. The molecule has 174 valence electrons. The second-order valence-electron chi connectivity index (χ2n) is 7.41. The number of hydrogen-bond acceptors (Lipinski definition) is 6. The van der Waals surface area contributed by atoms with Crippen molar-refractivity contribution in [1.29, 1.82) is 0 Å². The summed E-state index contributed by atoms with van der Waals surface area (Å²) in [5.41, 5.74) is 1.59. The van der Waals surface area contributed by atoms with Crippen LogP contribution in [0, 0.1) is 0 Å². The second kappa shape index (κ2) is 10.3. The third-order valence-electron chi connectivity index (χ3n) is 5.12. The number of anilines is 2. The molecule has 0 aliphatic carbocycles. The van der Waals surface area contributed by atoms with Crippen LogP contribution in [0.1, 0.15) is 24.8 Å². The topological polar surface area (TPSA) is 88.6 Å². The molecule has 1 N–H and O–H groups in total. The summed E-state index contributed by atoms with van der Waals surface area (Å²) in [4.78, 5) is 18.7. The summed E-state index contributed by atoms with van der Waals surface area (Å²) in [6.45, 7) is 0.937. The molecular weight excluding hydrogens is 505 g/mol. The zero-order valence-corrected chi connectivity index (χ0v) is 20.6. The van der Waals surface area contributed by atoms with E-state index in [0.717, 1.165) is 17.7 Å². The third-order valence-corrected chi connectivity index (χ3v) is 7.81. The van der Waals surface area contributed by atoms with E-state index in [9.17, 15) is 13.2 Å². The molecule has 0 spiro atoms. The highest BCUT2D eigenvalue weighted by Crippen LogP contribution is 2.31. The van der Waals surface area contributed by atoms with Crippen LogP contribution in [-0.4, -0.2) is 32.5 Å². The number of aryl methyl sites for hydroxylation is 1. The summed E-state index contributed by atoms with van der Waals surface area (Å²) in [6, 6.07) is 9.85. The van der Waals surface area contributed by atoms with E-state index in [2.05, 4.69) is 9.71 Å². The number of aromatic nitrogens is 1. The summed E-state index contributed by atoms with van der Waals surface area (Å²) < 4.78 is 33.5. The van der Waals surface area contributed by atoms with Gasteiger partial charge in [-0.2, -0.15) is 0 Å². The van der Waals surface area contributed by atoms with Gasteiger partial charge in [0.25, 0.3) is 10.0 Å². The van der Waals surface area contributed by atoms with E-state index >= 15 is 0 Å². The Balaban J connectivity index is 1.38. The molecule has 0 radical (unpaired) electrons. The lowest BCUT2D eigenvalue weighted by atomic mass is 10.0. The molecule has 3 aromatic rings. The Bertz CT molecular complexity index is 1250. The van der Waals surface area contributed by atoms with Crippen molar-refractivity contribution in [1.82, 2.24) is 4.98 Å². The van der Waals surface area contributed by atoms with E-state index in [1.54, 1.807) is 40.6 Å². The monoisotopic (exact) mass is 525 g/mol. The van der Waals surface area contributed by atoms with Crippen molar-refractivity contribution in [2.24, 2.45) is 0 Å². The van der Waals surface area contributed by atoms with Crippen LogP contribution in [-0.2, 0) is 21.2 Å². The minimum absolute atomic E-state index is 0.0294. The lowest BCUT2D eigenvalue weighted by Crippen LogP contribution is -2.35. The number of ether oxygens (including phenoxy) is 1. The number of rotatable bonds is 8. The SMILES string of the molecule is O=C(CCCOc1ccc(Cl)cc1Cl)N1CCCc2cc(S(=O)(=O)Nc3nccs3)ccc21. The van der Waals surface area contributed by atoms with Crippen molar-refractivity contribution in [2.45, 2.75) is 30.6 Å². The average molecular weight is 526 g/mol. The Labute approximate surface area is 206 Å². The average Bonchev–Trinajstić information content (AvgIpc) is 3.29. The van der Waals surface area contributed by atoms with Gasteiger partial charge in [-0.05, 0) is 61.2 Å². The molecule has 1 aliphatic heterocycles. The fourth-order valence-corrected chi connectivity index (χ4v) is 5.88. The number of carbonyl (C=O) groups excluding carboxylic acids is 1. The molecule has 2 heterocycles. The highest BCUT2D eigenvalue weighted by Gasteiger charge is 2.25. The van der Waals surface area contributed by atoms with E-state index in [1.807, 2.05) is 0 Å². The maximum absolute atomic E-state index is 12.9. The number of nitrogens with zero attached hydrogens (tertiary/aromatic N) is 2. The van der Waals surface area contributed by atoms with Gasteiger partial charge in [0.05, 0.1) is 16.5 Å². The summed E-state index contributed by atoms with van der Waals surface area (Å²) in [5, 5.41) is 2.96. The van der Waals surface area contributed by atoms with Crippen molar-refractivity contribution < 1.29 is 17.9 Å². The molecule has 0 bridgehead atoms. The number of nitrogens with one attached hydrogen (secondary N) is 1. The smallest absolute Gasteiger partial charge is 0.263 e. The summed E-state index contributed by atoms with van der Waals surface area (Å²) in [7, 11) is -3.75. The van der Waals surface area contributed by atoms with Crippen LogP contribution >= 0.6 is 34.5 Å². The molecule has 0 fully saturated rings. The predicted octanol–water partition coefficient (Wildman–Crippen LogP) is 5.39. The van der Waals surface area contributed by atoms with Gasteiger partial charge in [-0.1, -0.05) is 23.2 Å². The Hall–Kier alpha value is -2.33. The maximum atomic E-state index is 12.9. The van der Waals surface area contributed by atoms with E-state index in [0.29, 0.717) is 53.3 Å². The van der Waals surface area contributed by atoms with Gasteiger partial charge < -0.3 is 9.64 Å². The van der Waals surface area contributed by atoms with E-state index in [-0.39, 0.29) is 10.8 Å². The van der Waals surface area contributed by atoms with Crippen LogP contribution < -0.4 is 14.4 Å². The Kier molecular flexibility index (Phi) is 7.43. The van der Waals surface area contributed by atoms with Gasteiger partial charge in [-0.15, -0.1) is 11.3 Å². The Morgan fingerprint density at radius 2 is 2.06 bits per heavy atom. The standard InChI is InChI=1S/C22H21Cl2N3O4S2/c23-16-5-8-20(18(24)14-16)31-11-2-4-21(28)27-10-1-3-15-13-17(6-7-19(15)27)33(29,30)26-22-25-9-12-32-22/h5-9,12-14H,1-4,10-11H2,(H,25,26). The first-order chi connectivity index (χ1) is 15.8. The number of carbonyl (C=O) groups is 1. The predicted molar refractivity (Wildman–Crippen MR) is 131 cm³/mol. The van der Waals surface area contributed by atoms with Crippen LogP contribution in [0.5, 0.6) is 5.75 Å². The number of sulfonamides is 1. The molecule has 4 rings (SSSR count). The van der Waals surface area contributed by atoms with Crippen molar-refractivity contribution >= 4 is 61.3 Å². The van der Waals surface area contributed by atoms with Crippen molar-refractivity contribution in [2.75, 3.05) is 22.8 Å². The minimum Gasteiger partial charge on any atom is -0.492 e. The second-order valence-corrected chi connectivity index (χ2v) is 10.8. The summed E-state index contributed by atoms with van der Waals surface area (Å²) in [6.07, 6.45) is 3.83. The number of hydrogen-bond donors (Lipinski definition) is 1. The molecule has 0 unspecified atom stereocenters. The number of fused-ring (bicyclic) bond motifs is 1. The first kappa shape index (κ1) is 23.8. The fourth-order valence-electron chi connectivity index (χ4n) is 3.58. The Morgan fingerprint density at radius 1 is 1.21 bits per heavy atom. The minimum atomic E-state index is -3.75. The molecule has 0 saturated carbocycles. The van der Waals surface area contributed by atoms with Gasteiger partial charge in [0, 0.05) is 35.3 Å². The van der Waals surface area contributed by atoms with Crippen molar-refractivity contribution in [3.63, 3.8) is 0 Å². The normalized spacial score (nSPS) is 13.5. The highest BCUT2D eigenvalue weighted by molar-refractivity contribution is 7.93. The molecule has 11 heteroatoms. The first-order valence-electron chi connectivity index (χ1n) is 10.3. The summed E-state index contributed by atoms with van der Waals surface area (Å²) in [5.74, 6) is 0.496. The molecule has 7 nitrogen and oxygen atoms in total. The van der Waals surface area contributed by atoms with Crippen molar-refractivity contribution in [3.8, 4) is 5.75 Å². The van der Waals surface area contributed by atoms with E-state index in [4.69, 9.17) is 27.9 Å². The van der Waals surface area contributed by atoms with Gasteiger partial charge in [0.2, 0.25) is 5.91 Å². The third kappa shape index (κ3) is 5.78. The molecule has 33 heavy (non-hydrogen) atoms. The van der Waals surface area contributed by atoms with Gasteiger partial charge in [-0.25, -0.2) is 13.4 Å². The summed E-state index contributed by atoms with van der Waals surface area (Å²) >= 11 is 13.2. The zero-order valence-electron chi connectivity index (χ0n) is 17.5. The number of halogens is 2. The lowest BCUT2D eigenvalue weighted by molar-refractivity contribution is -0.118. The number of benzene rings is 2. The van der Waals surface area contributed by atoms with Gasteiger partial charge >= 0.3 is 0 Å². The molecule has 1 aliphatic rings. The molecule has 1 aromatic heterocycles. The zero-order chi connectivity index (χ0) is 23.4. The van der Waals surface area contributed by atoms with E-state index in [1.165, 1.54) is 23.6 Å². The molecule has 2 aromatic carbocycles. The van der Waals surface area contributed by atoms with E-state index < -0.39 is 10.0 Å². The molecule has 0 atom stereocenters. The largest absolute Gasteiger partial charge is 0.492 e. The lowest BCUT2D eigenvalue weighted by Gasteiger charge is -2.30. The highest BCUT2D eigenvalue weighted by atomic mass is 35.5. The van der Waals surface area contributed by atoms with Crippen LogP contribution in [0.4, 0.5) is 10.8 Å². The molecular formula is C22H21Cl2N3O4S2. The van der Waals surface area contributed by atoms with Crippen LogP contribution in [0.3, 0.4) is 0 Å². The molecule has 0 saturated heterocycles. The van der Waals surface area contributed by atoms with Gasteiger partial charge in [-0.3, -0.25) is 9.52 Å². The van der Waals surface area contributed by atoms with Crippen molar-refractivity contribution in [3.05, 3.63) is 63.6 Å². The first-order valence-corrected chi connectivity index (χ1v) is 13.4. The van der Waals surface area contributed by atoms with Crippen LogP contribution in [0.2, 0.25) is 10.0 Å². The van der Waals surface area contributed by atoms with Gasteiger partial charge in [0.15, 0.2) is 5.13 Å². The fraction of sp³-hybridized carbons (Fsp3) is 0.273. The van der Waals surface area contributed by atoms with Gasteiger partial charge in [0.1, 0.15) is 5.75 Å². The van der Waals surface area contributed by atoms with Crippen LogP contribution in [0.25, 0.3) is 0 Å².